The minimum atomic E-state index is -1.42. The van der Waals surface area contributed by atoms with Crippen molar-refractivity contribution in [3.63, 3.8) is 0 Å². The van der Waals surface area contributed by atoms with Crippen LogP contribution in [0.15, 0.2) is 106 Å². The maximum absolute atomic E-state index is 10.3. The van der Waals surface area contributed by atoms with Gasteiger partial charge in [-0.25, -0.2) is 0 Å². The first-order valence-corrected chi connectivity index (χ1v) is 12.8. The topological polar surface area (TPSA) is 40.5 Å². The maximum atomic E-state index is 10.3. The molecule has 4 atom stereocenters. The molecular weight excluding hydrogens is 403 g/mol. The molecule has 2 nitrogen and oxygen atoms in total. The summed E-state index contributed by atoms with van der Waals surface area (Å²) in [6.45, 7) is 0. The molecule has 0 aromatic heterocycles. The molecule has 6 rings (SSSR count). The number of hydrogen-bond donors (Lipinski definition) is 2. The minimum absolute atomic E-state index is 0.327. The molecule has 0 fully saturated rings. The Labute approximate surface area is 198 Å². The average molecular weight is 436 g/mol. The molecule has 0 saturated heterocycles. The van der Waals surface area contributed by atoms with Crippen LogP contribution >= 0.6 is 0 Å². The van der Waals surface area contributed by atoms with Crippen molar-refractivity contribution in [3.8, 4) is 0 Å². The van der Waals surface area contributed by atoms with Crippen LogP contribution in [0.25, 0.3) is 0 Å². The first-order chi connectivity index (χ1) is 16.2. The van der Waals surface area contributed by atoms with E-state index in [1.807, 2.05) is 0 Å². The maximum Gasteiger partial charge on any atom is 0.489 e. The molecule has 0 aliphatic heterocycles. The van der Waals surface area contributed by atoms with E-state index in [4.69, 9.17) is 0 Å². The number of hydrogen-bond acceptors (Lipinski definition) is 2. The lowest BCUT2D eigenvalue weighted by Crippen LogP contribution is -2.33. The minimum Gasteiger partial charge on any atom is -0.423 e. The number of fused-ring (bicyclic) bond motifs is 2. The predicted molar refractivity (Wildman–Crippen MR) is 136 cm³/mol. The van der Waals surface area contributed by atoms with Crippen LogP contribution in [0.1, 0.15) is 51.4 Å². The Bertz CT molecular complexity index is 1120. The molecule has 0 heterocycles. The third kappa shape index (κ3) is 3.66. The van der Waals surface area contributed by atoms with Gasteiger partial charge in [-0.1, -0.05) is 72.4 Å². The van der Waals surface area contributed by atoms with E-state index in [1.165, 1.54) is 36.0 Å². The Balaban J connectivity index is 1.44. The molecule has 0 bridgehead atoms. The van der Waals surface area contributed by atoms with Gasteiger partial charge in [0.25, 0.3) is 0 Å². The van der Waals surface area contributed by atoms with E-state index in [9.17, 15) is 10.0 Å². The second kappa shape index (κ2) is 8.78. The molecule has 0 radical (unpaired) electrons. The Morgan fingerprint density at radius 3 is 2.36 bits per heavy atom. The van der Waals surface area contributed by atoms with E-state index < -0.39 is 7.12 Å². The summed E-state index contributed by atoms with van der Waals surface area (Å²) in [5.41, 5.74) is 8.88. The molecule has 6 aliphatic rings. The number of rotatable bonds is 3. The van der Waals surface area contributed by atoms with E-state index in [0.717, 1.165) is 48.7 Å². The van der Waals surface area contributed by atoms with Crippen molar-refractivity contribution < 1.29 is 10.0 Å². The van der Waals surface area contributed by atoms with Crippen LogP contribution in [0.3, 0.4) is 0 Å². The standard InChI is InChI=1S/C30H33BO2/c32-31(33)30-27-16-5-3-14-25(27)29(26-15-4-6-17-28(26)30)22-12-7-11-21(19-22)24-18-8-10-20-9-1-2-13-23(20)24/h2,5-8,12-13,16-21,25,29,32-33H,1,3-4,9-11,14-15H2/t20-,21?,25?,29?/m0/s1. The third-order valence-corrected chi connectivity index (χ3v) is 8.51. The van der Waals surface area contributed by atoms with Gasteiger partial charge in [-0.15, -0.1) is 0 Å². The van der Waals surface area contributed by atoms with Gasteiger partial charge in [-0.05, 0) is 96.5 Å². The Hall–Kier alpha value is -2.36. The zero-order chi connectivity index (χ0) is 22.4. The van der Waals surface area contributed by atoms with Gasteiger partial charge in [0, 0.05) is 11.8 Å². The molecule has 3 unspecified atom stereocenters. The van der Waals surface area contributed by atoms with Crippen molar-refractivity contribution in [1.29, 1.82) is 0 Å². The zero-order valence-electron chi connectivity index (χ0n) is 19.3. The highest BCUT2D eigenvalue weighted by atomic mass is 16.4. The average Bonchev–Trinajstić information content (AvgIpc) is 2.86. The van der Waals surface area contributed by atoms with E-state index in [1.54, 1.807) is 5.57 Å². The van der Waals surface area contributed by atoms with Gasteiger partial charge in [-0.3, -0.25) is 0 Å². The van der Waals surface area contributed by atoms with Crippen molar-refractivity contribution in [1.82, 2.24) is 0 Å². The summed E-state index contributed by atoms with van der Waals surface area (Å²) in [7, 11) is -1.42. The second-order valence-corrected chi connectivity index (χ2v) is 10.3. The van der Waals surface area contributed by atoms with E-state index in [-0.39, 0.29) is 0 Å². The highest BCUT2D eigenvalue weighted by molar-refractivity contribution is 6.53. The van der Waals surface area contributed by atoms with Crippen LogP contribution in [-0.4, -0.2) is 17.2 Å². The molecule has 0 amide bonds. The molecule has 168 valence electrons. The van der Waals surface area contributed by atoms with Gasteiger partial charge in [0.1, 0.15) is 0 Å². The van der Waals surface area contributed by atoms with Gasteiger partial charge in [0.15, 0.2) is 0 Å². The van der Waals surface area contributed by atoms with Gasteiger partial charge < -0.3 is 10.0 Å². The summed E-state index contributed by atoms with van der Waals surface area (Å²) in [6, 6.07) is 0. The highest BCUT2D eigenvalue weighted by Gasteiger charge is 2.41. The first kappa shape index (κ1) is 21.2. The lowest BCUT2D eigenvalue weighted by atomic mass is 9.56. The quantitative estimate of drug-likeness (QED) is 0.513. The fourth-order valence-corrected chi connectivity index (χ4v) is 7.09. The van der Waals surface area contributed by atoms with Crippen molar-refractivity contribution in [2.75, 3.05) is 0 Å². The summed E-state index contributed by atoms with van der Waals surface area (Å²) >= 11 is 0. The SMILES string of the molecule is OB(O)C1=C2C=CCCC2C(C2=CC(C3=C4C=CCC[C@H]4CC=C3)CC=C2)C2=C1C=CCC2. The third-order valence-electron chi connectivity index (χ3n) is 8.51. The Morgan fingerprint density at radius 2 is 1.48 bits per heavy atom. The van der Waals surface area contributed by atoms with E-state index in [0.29, 0.717) is 23.7 Å². The van der Waals surface area contributed by atoms with Crippen molar-refractivity contribution in [3.05, 3.63) is 106 Å². The van der Waals surface area contributed by atoms with Crippen LogP contribution in [-0.2, 0) is 0 Å². The molecule has 33 heavy (non-hydrogen) atoms. The zero-order valence-corrected chi connectivity index (χ0v) is 19.3. The molecule has 0 saturated carbocycles. The molecule has 0 aromatic carbocycles. The summed E-state index contributed by atoms with van der Waals surface area (Å²) in [4.78, 5) is 0. The van der Waals surface area contributed by atoms with Crippen LogP contribution in [0, 0.1) is 23.7 Å². The first-order valence-electron chi connectivity index (χ1n) is 12.8. The monoisotopic (exact) mass is 436 g/mol. The van der Waals surface area contributed by atoms with Gasteiger partial charge in [0.05, 0.1) is 0 Å². The van der Waals surface area contributed by atoms with Gasteiger partial charge in [0.2, 0.25) is 0 Å². The Kier molecular flexibility index (Phi) is 5.64. The van der Waals surface area contributed by atoms with Crippen LogP contribution in [0.5, 0.6) is 0 Å². The number of allylic oxidation sites excluding steroid dienone is 18. The van der Waals surface area contributed by atoms with Gasteiger partial charge in [-0.2, -0.15) is 0 Å². The second-order valence-electron chi connectivity index (χ2n) is 10.3. The fourth-order valence-electron chi connectivity index (χ4n) is 7.09. The largest absolute Gasteiger partial charge is 0.489 e. The van der Waals surface area contributed by atoms with Gasteiger partial charge >= 0.3 is 7.12 Å². The van der Waals surface area contributed by atoms with Crippen molar-refractivity contribution >= 4 is 7.12 Å². The summed E-state index contributed by atoms with van der Waals surface area (Å²) in [5, 5.41) is 20.6. The van der Waals surface area contributed by atoms with Crippen LogP contribution in [0.4, 0.5) is 0 Å². The van der Waals surface area contributed by atoms with Crippen LogP contribution in [0.2, 0.25) is 0 Å². The van der Waals surface area contributed by atoms with E-state index >= 15 is 0 Å². The smallest absolute Gasteiger partial charge is 0.423 e. The summed E-state index contributed by atoms with van der Waals surface area (Å²) in [6.07, 6.45) is 34.4. The lowest BCUT2D eigenvalue weighted by molar-refractivity contribution is 0.404. The fraction of sp³-hybridized carbons (Fsp3) is 0.400. The predicted octanol–water partition coefficient (Wildman–Crippen LogP) is 6.26. The molecule has 2 N–H and O–H groups in total. The van der Waals surface area contributed by atoms with Crippen molar-refractivity contribution in [2.24, 2.45) is 23.7 Å². The molecule has 3 heteroatoms. The highest BCUT2D eigenvalue weighted by Crippen LogP contribution is 2.51. The summed E-state index contributed by atoms with van der Waals surface area (Å²) in [5.74, 6) is 1.79. The molecule has 6 aliphatic carbocycles. The van der Waals surface area contributed by atoms with Crippen LogP contribution < -0.4 is 0 Å². The Morgan fingerprint density at radius 1 is 0.727 bits per heavy atom. The molecule has 0 spiro atoms. The lowest BCUT2D eigenvalue weighted by Gasteiger charge is -2.42. The molecule has 0 aromatic rings. The summed E-state index contributed by atoms with van der Waals surface area (Å²) < 4.78 is 0. The normalized spacial score (nSPS) is 32.6. The molecular formula is C30H33BO2. The van der Waals surface area contributed by atoms with Crippen molar-refractivity contribution in [2.45, 2.75) is 51.4 Å². The van der Waals surface area contributed by atoms with E-state index in [2.05, 4.69) is 66.8 Å².